The van der Waals surface area contributed by atoms with E-state index in [1.807, 2.05) is 0 Å². The average molecular weight is 484 g/mol. The quantitative estimate of drug-likeness (QED) is 0.453. The van der Waals surface area contributed by atoms with Crippen LogP contribution in [0.3, 0.4) is 0 Å². The Morgan fingerprint density at radius 1 is 0.968 bits per heavy atom. The lowest BCUT2D eigenvalue weighted by Crippen LogP contribution is -2.12. The summed E-state index contributed by atoms with van der Waals surface area (Å²) in [5, 5.41) is 7.87. The number of fused-ring (bicyclic) bond motifs is 1. The van der Waals surface area contributed by atoms with E-state index >= 15 is 0 Å². The van der Waals surface area contributed by atoms with Gasteiger partial charge in [0.05, 0.1) is 27.5 Å². The number of nitrogens with two attached hydrogens (primary N) is 1. The number of aromatic nitrogens is 2. The highest BCUT2D eigenvalue weighted by atomic mass is 35.5. The van der Waals surface area contributed by atoms with E-state index in [1.54, 1.807) is 18.2 Å². The first kappa shape index (κ1) is 21.5. The Bertz CT molecular complexity index is 1510. The van der Waals surface area contributed by atoms with Gasteiger partial charge in [-0.1, -0.05) is 41.4 Å². The van der Waals surface area contributed by atoms with Gasteiger partial charge >= 0.3 is 0 Å². The van der Waals surface area contributed by atoms with Crippen LogP contribution in [0.4, 0.5) is 8.78 Å². The second-order valence-corrected chi connectivity index (χ2v) is 9.08. The van der Waals surface area contributed by atoms with E-state index in [1.165, 1.54) is 22.9 Å². The second kappa shape index (κ2) is 7.76. The fourth-order valence-corrected chi connectivity index (χ4v) is 4.71. The first-order chi connectivity index (χ1) is 14.6. The molecule has 3 aromatic carbocycles. The number of halogens is 4. The molecule has 0 radical (unpaired) electrons. The fraction of sp³-hybridized carbons (Fsp3) is 0.0500. The molecular formula is C20H13Cl2F2N3O3S. The van der Waals surface area contributed by atoms with Gasteiger partial charge in [0.2, 0.25) is 10.0 Å². The number of aromatic amines is 1. The summed E-state index contributed by atoms with van der Waals surface area (Å²) in [6, 6.07) is 11.1. The fourth-order valence-electron chi connectivity index (χ4n) is 3.28. The van der Waals surface area contributed by atoms with Crippen LogP contribution < -0.4 is 10.7 Å². The first-order valence-corrected chi connectivity index (χ1v) is 11.0. The van der Waals surface area contributed by atoms with Crippen LogP contribution in [0.2, 0.25) is 10.0 Å². The number of rotatable bonds is 4. The van der Waals surface area contributed by atoms with Gasteiger partial charge in [-0.3, -0.25) is 14.6 Å². The molecule has 1 heterocycles. The molecule has 0 unspecified atom stereocenters. The maximum absolute atomic E-state index is 13.5. The molecule has 0 fully saturated rings. The molecule has 4 rings (SSSR count). The molecule has 0 aliphatic rings. The van der Waals surface area contributed by atoms with Crippen LogP contribution in [-0.4, -0.2) is 18.2 Å². The summed E-state index contributed by atoms with van der Waals surface area (Å²) in [5.41, 5.74) is 1.53. The zero-order valence-corrected chi connectivity index (χ0v) is 17.8. The second-order valence-electron chi connectivity index (χ2n) is 6.79. The minimum atomic E-state index is -4.05. The third kappa shape index (κ3) is 3.97. The van der Waals surface area contributed by atoms with Crippen molar-refractivity contribution in [3.63, 3.8) is 0 Å². The van der Waals surface area contributed by atoms with Crippen LogP contribution in [0.5, 0.6) is 0 Å². The largest absolute Gasteiger partial charge is 0.280 e. The summed E-state index contributed by atoms with van der Waals surface area (Å²) < 4.78 is 51.4. The van der Waals surface area contributed by atoms with Gasteiger partial charge in [-0.15, -0.1) is 0 Å². The molecule has 0 aliphatic carbocycles. The van der Waals surface area contributed by atoms with Crippen molar-refractivity contribution in [3.8, 4) is 11.1 Å². The molecule has 4 aromatic rings. The van der Waals surface area contributed by atoms with E-state index in [4.69, 9.17) is 28.3 Å². The van der Waals surface area contributed by atoms with Gasteiger partial charge in [0.15, 0.2) is 11.6 Å². The standard InChI is InChI=1S/C20H13Cl2F2N3O3S/c21-18-12(3-6-17(19(18)22)31(25,29)30)11-2-5-16-13(8-11)20(28)26-27(16)9-10-1-4-14(23)15(24)7-10/h1-8H,9H2,(H,26,28)(H2,25,29,30). The van der Waals surface area contributed by atoms with Gasteiger partial charge in [-0.25, -0.2) is 22.3 Å². The molecule has 0 atom stereocenters. The summed E-state index contributed by atoms with van der Waals surface area (Å²) in [7, 11) is -4.05. The molecule has 1 aromatic heterocycles. The molecule has 3 N–H and O–H groups in total. The smallest absolute Gasteiger partial charge is 0.272 e. The van der Waals surface area contributed by atoms with Gasteiger partial charge in [0.25, 0.3) is 5.56 Å². The van der Waals surface area contributed by atoms with Crippen molar-refractivity contribution >= 4 is 44.1 Å². The molecule has 0 saturated heterocycles. The van der Waals surface area contributed by atoms with Gasteiger partial charge in [0, 0.05) is 5.56 Å². The van der Waals surface area contributed by atoms with Crippen molar-refractivity contribution in [2.45, 2.75) is 11.4 Å². The lowest BCUT2D eigenvalue weighted by atomic mass is 10.0. The molecule has 0 aliphatic heterocycles. The molecule has 0 bridgehead atoms. The van der Waals surface area contributed by atoms with Gasteiger partial charge in [-0.05, 0) is 41.5 Å². The summed E-state index contributed by atoms with van der Waals surface area (Å²) >= 11 is 12.3. The monoisotopic (exact) mass is 483 g/mol. The maximum Gasteiger partial charge on any atom is 0.272 e. The Morgan fingerprint density at radius 2 is 1.71 bits per heavy atom. The zero-order valence-electron chi connectivity index (χ0n) is 15.5. The minimum absolute atomic E-state index is 0.0230. The van der Waals surface area contributed by atoms with E-state index < -0.39 is 27.2 Å². The lowest BCUT2D eigenvalue weighted by Gasteiger charge is -2.10. The number of primary sulfonamides is 1. The third-order valence-electron chi connectivity index (χ3n) is 4.76. The normalized spacial score (nSPS) is 11.9. The van der Waals surface area contributed by atoms with Gasteiger partial charge in [-0.2, -0.15) is 0 Å². The van der Waals surface area contributed by atoms with Crippen LogP contribution >= 0.6 is 23.2 Å². The Kier molecular flexibility index (Phi) is 5.38. The number of benzene rings is 3. The van der Waals surface area contributed by atoms with Crippen molar-refractivity contribution in [3.05, 3.63) is 86.1 Å². The predicted octanol–water partition coefficient (Wildman–Crippen LogP) is 4.28. The summed E-state index contributed by atoms with van der Waals surface area (Å²) in [6.07, 6.45) is 0. The Balaban J connectivity index is 1.78. The van der Waals surface area contributed by atoms with Crippen molar-refractivity contribution in [1.29, 1.82) is 0 Å². The van der Waals surface area contributed by atoms with E-state index in [2.05, 4.69) is 5.10 Å². The summed E-state index contributed by atoms with van der Waals surface area (Å²) in [6.45, 7) is 0.116. The van der Waals surface area contributed by atoms with Crippen LogP contribution in [0.25, 0.3) is 22.0 Å². The van der Waals surface area contributed by atoms with Crippen molar-refractivity contribution < 1.29 is 17.2 Å². The topological polar surface area (TPSA) is 98.0 Å². The number of H-pyrrole nitrogens is 1. The van der Waals surface area contributed by atoms with Gasteiger partial charge in [0.1, 0.15) is 4.90 Å². The molecule has 0 spiro atoms. The third-order valence-corrected chi connectivity index (χ3v) is 6.70. The minimum Gasteiger partial charge on any atom is -0.280 e. The Labute approximate surface area is 184 Å². The number of nitrogens with zero attached hydrogens (tertiary/aromatic N) is 1. The summed E-state index contributed by atoms with van der Waals surface area (Å²) in [5.74, 6) is -1.93. The molecule has 11 heteroatoms. The lowest BCUT2D eigenvalue weighted by molar-refractivity contribution is 0.506. The molecular weight excluding hydrogens is 471 g/mol. The molecule has 0 amide bonds. The summed E-state index contributed by atoms with van der Waals surface area (Å²) in [4.78, 5) is 12.2. The Hall–Kier alpha value is -2.72. The van der Waals surface area contributed by atoms with E-state index in [9.17, 15) is 22.0 Å². The predicted molar refractivity (Wildman–Crippen MR) is 115 cm³/mol. The highest BCUT2D eigenvalue weighted by molar-refractivity contribution is 7.89. The van der Waals surface area contributed by atoms with E-state index in [-0.39, 0.29) is 21.5 Å². The number of sulfonamides is 1. The molecule has 160 valence electrons. The molecule has 31 heavy (non-hydrogen) atoms. The van der Waals surface area contributed by atoms with E-state index in [0.29, 0.717) is 27.6 Å². The van der Waals surface area contributed by atoms with E-state index in [0.717, 1.165) is 12.1 Å². The number of hydrogen-bond acceptors (Lipinski definition) is 3. The highest BCUT2D eigenvalue weighted by Crippen LogP contribution is 2.38. The Morgan fingerprint density at radius 3 is 2.39 bits per heavy atom. The maximum atomic E-state index is 13.5. The van der Waals surface area contributed by atoms with Crippen molar-refractivity contribution in [2.75, 3.05) is 0 Å². The SMILES string of the molecule is NS(=O)(=O)c1ccc(-c2ccc3c(c2)c(=O)[nH]n3Cc2ccc(F)c(F)c2)c(Cl)c1Cl. The average Bonchev–Trinajstić information content (AvgIpc) is 3.01. The van der Waals surface area contributed by atoms with Crippen LogP contribution in [0.15, 0.2) is 58.2 Å². The number of hydrogen-bond donors (Lipinski definition) is 2. The van der Waals surface area contributed by atoms with Crippen LogP contribution in [0.1, 0.15) is 5.56 Å². The van der Waals surface area contributed by atoms with Gasteiger partial charge < -0.3 is 0 Å². The van der Waals surface area contributed by atoms with Crippen molar-refractivity contribution in [1.82, 2.24) is 9.78 Å². The molecule has 6 nitrogen and oxygen atoms in total. The number of nitrogens with one attached hydrogen (secondary N) is 1. The van der Waals surface area contributed by atoms with Crippen LogP contribution in [0, 0.1) is 11.6 Å². The molecule has 0 saturated carbocycles. The zero-order chi connectivity index (χ0) is 22.5. The van der Waals surface area contributed by atoms with Crippen LogP contribution in [-0.2, 0) is 16.6 Å². The highest BCUT2D eigenvalue weighted by Gasteiger charge is 2.19. The van der Waals surface area contributed by atoms with Crippen molar-refractivity contribution in [2.24, 2.45) is 5.14 Å². The first-order valence-electron chi connectivity index (χ1n) is 8.74.